The van der Waals surface area contributed by atoms with Crippen LogP contribution in [-0.2, 0) is 17.3 Å². The van der Waals surface area contributed by atoms with Crippen LogP contribution in [0.1, 0.15) is 131 Å². The first-order valence-corrected chi connectivity index (χ1v) is 15.3. The van der Waals surface area contributed by atoms with Gasteiger partial charge in [0, 0.05) is 0 Å². The Balaban J connectivity index is 1.25. The Kier molecular flexibility index (Phi) is 10.8. The maximum Gasteiger partial charge on any atom is 0.386 e. The molecule has 0 amide bonds. The van der Waals surface area contributed by atoms with Crippen molar-refractivity contribution < 1.29 is 17.9 Å². The maximum absolute atomic E-state index is 14.8. The van der Waals surface area contributed by atoms with Gasteiger partial charge in [0.1, 0.15) is 5.82 Å². The fourth-order valence-corrected chi connectivity index (χ4v) is 6.72. The summed E-state index contributed by atoms with van der Waals surface area (Å²) in [6.07, 6.45) is 12.5. The number of alkyl halides is 2. The van der Waals surface area contributed by atoms with Crippen molar-refractivity contribution in [3.8, 4) is 0 Å². The van der Waals surface area contributed by atoms with Crippen LogP contribution in [-0.4, -0.2) is 6.61 Å². The minimum absolute atomic E-state index is 0.156. The molecule has 0 heterocycles. The van der Waals surface area contributed by atoms with Crippen molar-refractivity contribution in [1.29, 1.82) is 0 Å². The average molecular weight is 529 g/mol. The van der Waals surface area contributed by atoms with Crippen molar-refractivity contribution in [2.45, 2.75) is 122 Å². The number of rotatable bonds is 12. The number of unbranched alkanes of at least 4 members (excludes halogenated alkanes) is 2. The monoisotopic (exact) mass is 528 g/mol. The van der Waals surface area contributed by atoms with Crippen LogP contribution in [0.25, 0.3) is 0 Å². The van der Waals surface area contributed by atoms with Gasteiger partial charge in [0.25, 0.3) is 0 Å². The van der Waals surface area contributed by atoms with Gasteiger partial charge in [-0.3, -0.25) is 0 Å². The molecule has 0 bridgehead atoms. The molecule has 4 rings (SSSR count). The van der Waals surface area contributed by atoms with Crippen LogP contribution in [0, 0.1) is 17.7 Å². The molecule has 2 aromatic carbocycles. The van der Waals surface area contributed by atoms with Crippen molar-refractivity contribution in [3.63, 3.8) is 0 Å². The van der Waals surface area contributed by atoms with Gasteiger partial charge in [-0.05, 0) is 110 Å². The van der Waals surface area contributed by atoms with Gasteiger partial charge in [0.2, 0.25) is 0 Å². The Bertz CT molecular complexity index is 970. The van der Waals surface area contributed by atoms with Crippen LogP contribution in [0.4, 0.5) is 13.2 Å². The summed E-state index contributed by atoms with van der Waals surface area (Å²) in [5.74, 6) is 1.64. The number of ether oxygens (including phenoxy) is 1. The fourth-order valence-electron chi connectivity index (χ4n) is 6.72. The van der Waals surface area contributed by atoms with Crippen molar-refractivity contribution in [2.24, 2.45) is 11.8 Å². The smallest absolute Gasteiger partial charge is 0.316 e. The summed E-state index contributed by atoms with van der Waals surface area (Å²) in [7, 11) is 0. The molecule has 0 atom stereocenters. The van der Waals surface area contributed by atoms with Gasteiger partial charge in [-0.25, -0.2) is 4.39 Å². The molecule has 210 valence electrons. The SMILES string of the molecule is CCCCC[C@H]1CC[C@H](c2ccc(C(F)(F)OCCc3ccc([C@H]4CC[C@H](CC)CC4)cc3)c(F)c2)CC1. The van der Waals surface area contributed by atoms with E-state index in [9.17, 15) is 13.2 Å². The maximum atomic E-state index is 14.8. The van der Waals surface area contributed by atoms with Gasteiger partial charge >= 0.3 is 6.11 Å². The second-order valence-corrected chi connectivity index (χ2v) is 11.9. The molecule has 0 saturated heterocycles. The molecule has 0 spiro atoms. The molecule has 0 N–H and O–H groups in total. The highest BCUT2D eigenvalue weighted by Gasteiger charge is 2.36. The zero-order chi connectivity index (χ0) is 27.0. The Morgan fingerprint density at radius 1 is 0.763 bits per heavy atom. The van der Waals surface area contributed by atoms with Gasteiger partial charge in [-0.1, -0.05) is 76.3 Å². The van der Waals surface area contributed by atoms with E-state index in [0.717, 1.165) is 48.6 Å². The highest BCUT2D eigenvalue weighted by atomic mass is 19.3. The summed E-state index contributed by atoms with van der Waals surface area (Å²) in [5, 5.41) is 0. The molecule has 0 aromatic heterocycles. The summed E-state index contributed by atoms with van der Waals surface area (Å²) in [5.41, 5.74) is 2.50. The first-order chi connectivity index (χ1) is 18.4. The number of hydrogen-bond acceptors (Lipinski definition) is 1. The summed E-state index contributed by atoms with van der Waals surface area (Å²) >= 11 is 0. The second kappa shape index (κ2) is 14.0. The molecule has 0 unspecified atom stereocenters. The molecular weight excluding hydrogens is 481 g/mol. The van der Waals surface area contributed by atoms with E-state index in [0.29, 0.717) is 12.3 Å². The molecule has 2 aromatic rings. The van der Waals surface area contributed by atoms with Crippen LogP contribution in [0.2, 0.25) is 0 Å². The molecule has 2 aliphatic carbocycles. The third kappa shape index (κ3) is 7.87. The largest absolute Gasteiger partial charge is 0.386 e. The lowest BCUT2D eigenvalue weighted by atomic mass is 9.77. The first-order valence-electron chi connectivity index (χ1n) is 15.3. The van der Waals surface area contributed by atoms with E-state index >= 15 is 0 Å². The minimum Gasteiger partial charge on any atom is -0.316 e. The standard InChI is InChI=1S/C34H47F3O/c1-3-5-6-7-26-10-18-30(19-11-26)31-20-21-32(33(35)24-31)34(36,37)38-23-22-27-12-16-29(17-13-27)28-14-8-25(4-2)9-15-28/h12-13,16-17,20-21,24-26,28,30H,3-11,14-15,18-19,22-23H2,1-2H3/t25-,26-,28-,30-. The quantitative estimate of drug-likeness (QED) is 0.249. The van der Waals surface area contributed by atoms with E-state index < -0.39 is 17.5 Å². The summed E-state index contributed by atoms with van der Waals surface area (Å²) in [4.78, 5) is 0. The van der Waals surface area contributed by atoms with E-state index in [4.69, 9.17) is 4.74 Å². The second-order valence-electron chi connectivity index (χ2n) is 11.9. The zero-order valence-electron chi connectivity index (χ0n) is 23.5. The van der Waals surface area contributed by atoms with Gasteiger partial charge in [0.15, 0.2) is 0 Å². The molecule has 1 nitrogen and oxygen atoms in total. The molecule has 2 aliphatic rings. The molecular formula is C34H47F3O. The molecule has 0 radical (unpaired) electrons. The number of benzene rings is 2. The lowest BCUT2D eigenvalue weighted by Crippen LogP contribution is -2.22. The molecule has 0 aliphatic heterocycles. The Morgan fingerprint density at radius 2 is 1.37 bits per heavy atom. The number of hydrogen-bond donors (Lipinski definition) is 0. The van der Waals surface area contributed by atoms with Gasteiger partial charge < -0.3 is 4.74 Å². The number of halogens is 3. The predicted molar refractivity (Wildman–Crippen MR) is 150 cm³/mol. The van der Waals surface area contributed by atoms with Crippen LogP contribution in [0.3, 0.4) is 0 Å². The van der Waals surface area contributed by atoms with Crippen molar-refractivity contribution >= 4 is 0 Å². The van der Waals surface area contributed by atoms with Gasteiger partial charge in [0.05, 0.1) is 12.2 Å². The Hall–Kier alpha value is -1.81. The normalized spacial score (nSPS) is 24.4. The highest BCUT2D eigenvalue weighted by molar-refractivity contribution is 5.29. The third-order valence-corrected chi connectivity index (χ3v) is 9.39. The van der Waals surface area contributed by atoms with Crippen molar-refractivity contribution in [3.05, 3.63) is 70.5 Å². The van der Waals surface area contributed by atoms with Crippen LogP contribution >= 0.6 is 0 Å². The minimum atomic E-state index is -3.64. The van der Waals surface area contributed by atoms with E-state index in [2.05, 4.69) is 26.0 Å². The van der Waals surface area contributed by atoms with Crippen molar-refractivity contribution in [2.75, 3.05) is 6.61 Å². The van der Waals surface area contributed by atoms with E-state index in [-0.39, 0.29) is 12.5 Å². The lowest BCUT2D eigenvalue weighted by molar-refractivity contribution is -0.249. The highest BCUT2D eigenvalue weighted by Crippen LogP contribution is 2.40. The fraction of sp³-hybridized carbons (Fsp3) is 0.647. The van der Waals surface area contributed by atoms with E-state index in [1.54, 1.807) is 6.07 Å². The lowest BCUT2D eigenvalue weighted by Gasteiger charge is -2.29. The molecule has 4 heteroatoms. The Labute approximate surface area is 228 Å². The summed E-state index contributed by atoms with van der Waals surface area (Å²) in [6.45, 7) is 4.34. The van der Waals surface area contributed by atoms with Crippen molar-refractivity contribution in [1.82, 2.24) is 0 Å². The third-order valence-electron chi connectivity index (χ3n) is 9.39. The van der Waals surface area contributed by atoms with Gasteiger partial charge in [-0.2, -0.15) is 8.78 Å². The Morgan fingerprint density at radius 3 is 1.97 bits per heavy atom. The topological polar surface area (TPSA) is 9.23 Å². The summed E-state index contributed by atoms with van der Waals surface area (Å²) < 4.78 is 49.4. The molecule has 2 fully saturated rings. The molecule has 38 heavy (non-hydrogen) atoms. The zero-order valence-corrected chi connectivity index (χ0v) is 23.5. The van der Waals surface area contributed by atoms with Crippen LogP contribution in [0.15, 0.2) is 42.5 Å². The van der Waals surface area contributed by atoms with Gasteiger partial charge in [-0.15, -0.1) is 0 Å². The van der Waals surface area contributed by atoms with E-state index in [1.165, 1.54) is 75.5 Å². The van der Waals surface area contributed by atoms with Crippen LogP contribution in [0.5, 0.6) is 0 Å². The summed E-state index contributed by atoms with van der Waals surface area (Å²) in [6, 6.07) is 12.6. The first kappa shape index (κ1) is 29.2. The van der Waals surface area contributed by atoms with E-state index in [1.807, 2.05) is 12.1 Å². The predicted octanol–water partition coefficient (Wildman–Crippen LogP) is 10.7. The molecule has 2 saturated carbocycles. The average Bonchev–Trinajstić information content (AvgIpc) is 2.94. The van der Waals surface area contributed by atoms with Crippen LogP contribution < -0.4 is 0 Å².